The van der Waals surface area contributed by atoms with Gasteiger partial charge >= 0.3 is 0 Å². The predicted molar refractivity (Wildman–Crippen MR) is 73.8 cm³/mol. The van der Waals surface area contributed by atoms with E-state index < -0.39 is 11.6 Å². The Hall–Kier alpha value is -0.960. The lowest BCUT2D eigenvalue weighted by atomic mass is 9.66. The highest BCUT2D eigenvalue weighted by molar-refractivity contribution is 5.21. The third kappa shape index (κ3) is 3.14. The van der Waals surface area contributed by atoms with E-state index in [-0.39, 0.29) is 11.0 Å². The zero-order valence-electron chi connectivity index (χ0n) is 11.6. The van der Waals surface area contributed by atoms with E-state index in [0.29, 0.717) is 18.9 Å². The Balaban J connectivity index is 2.23. The largest absolute Gasteiger partial charge is 0.330 e. The van der Waals surface area contributed by atoms with Crippen LogP contribution in [0.25, 0.3) is 0 Å². The molecule has 1 aliphatic rings. The Kier molecular flexibility index (Phi) is 4.56. The molecule has 0 aromatic heterocycles. The van der Waals surface area contributed by atoms with Crippen molar-refractivity contribution in [3.05, 3.63) is 35.4 Å². The molecule has 19 heavy (non-hydrogen) atoms. The van der Waals surface area contributed by atoms with E-state index in [2.05, 4.69) is 6.92 Å². The van der Waals surface area contributed by atoms with E-state index in [1.807, 2.05) is 0 Å². The van der Waals surface area contributed by atoms with E-state index in [1.54, 1.807) is 0 Å². The Morgan fingerprint density at radius 3 is 2.58 bits per heavy atom. The van der Waals surface area contributed by atoms with Crippen LogP contribution in [0.5, 0.6) is 0 Å². The second kappa shape index (κ2) is 6.00. The molecule has 2 N–H and O–H groups in total. The molecule has 0 saturated heterocycles. The molecule has 1 aromatic rings. The highest BCUT2D eigenvalue weighted by Crippen LogP contribution is 2.43. The molecule has 1 saturated carbocycles. The minimum Gasteiger partial charge on any atom is -0.330 e. The zero-order chi connectivity index (χ0) is 13.9. The van der Waals surface area contributed by atoms with E-state index >= 15 is 0 Å². The highest BCUT2D eigenvalue weighted by atomic mass is 19.1. The molecule has 1 aromatic carbocycles. The van der Waals surface area contributed by atoms with Gasteiger partial charge in [0.25, 0.3) is 0 Å². The summed E-state index contributed by atoms with van der Waals surface area (Å²) in [7, 11) is 0. The zero-order valence-corrected chi connectivity index (χ0v) is 11.6. The lowest BCUT2D eigenvalue weighted by molar-refractivity contribution is 0.140. The number of benzene rings is 1. The maximum Gasteiger partial charge on any atom is 0.129 e. The normalized spacial score (nSPS) is 27.5. The van der Waals surface area contributed by atoms with Gasteiger partial charge < -0.3 is 5.73 Å². The van der Waals surface area contributed by atoms with Gasteiger partial charge in [-0.05, 0) is 49.3 Å². The first kappa shape index (κ1) is 14.4. The number of hydrogen-bond donors (Lipinski definition) is 1. The summed E-state index contributed by atoms with van der Waals surface area (Å²) < 4.78 is 27.6. The molecule has 3 heteroatoms. The molecule has 2 unspecified atom stereocenters. The van der Waals surface area contributed by atoms with Crippen molar-refractivity contribution in [3.63, 3.8) is 0 Å². The fraction of sp³-hybridized carbons (Fsp3) is 0.625. The topological polar surface area (TPSA) is 26.0 Å². The Bertz CT molecular complexity index is 413. The maximum atomic E-state index is 13.8. The second-order valence-corrected chi connectivity index (χ2v) is 5.95. The standard InChI is InChI=1S/C16H23F2N/c1-2-12-5-4-8-16(9-12,11-19)10-13-14(17)6-3-7-15(13)18/h3,6-7,12H,2,4-5,8-11,19H2,1H3. The van der Waals surface area contributed by atoms with Gasteiger partial charge in [-0.3, -0.25) is 0 Å². The number of rotatable bonds is 4. The van der Waals surface area contributed by atoms with Crippen molar-refractivity contribution in [3.8, 4) is 0 Å². The molecule has 0 bridgehead atoms. The van der Waals surface area contributed by atoms with Gasteiger partial charge in [-0.15, -0.1) is 0 Å². The van der Waals surface area contributed by atoms with Gasteiger partial charge in [0.15, 0.2) is 0 Å². The van der Waals surface area contributed by atoms with Crippen molar-refractivity contribution in [1.82, 2.24) is 0 Å². The minimum atomic E-state index is -0.438. The molecule has 0 heterocycles. The van der Waals surface area contributed by atoms with Crippen LogP contribution in [0.4, 0.5) is 8.78 Å². The Morgan fingerprint density at radius 2 is 2.00 bits per heavy atom. The third-order valence-electron chi connectivity index (χ3n) is 4.66. The molecule has 1 nitrogen and oxygen atoms in total. The van der Waals surface area contributed by atoms with Crippen LogP contribution in [0.2, 0.25) is 0 Å². The molecule has 0 amide bonds. The van der Waals surface area contributed by atoms with Gasteiger partial charge in [0.2, 0.25) is 0 Å². The van der Waals surface area contributed by atoms with Crippen molar-refractivity contribution in [2.45, 2.75) is 45.4 Å². The van der Waals surface area contributed by atoms with Crippen LogP contribution in [0, 0.1) is 23.0 Å². The smallest absolute Gasteiger partial charge is 0.129 e. The average molecular weight is 267 g/mol. The van der Waals surface area contributed by atoms with Gasteiger partial charge in [0.1, 0.15) is 11.6 Å². The summed E-state index contributed by atoms with van der Waals surface area (Å²) in [6, 6.07) is 4.09. The fourth-order valence-corrected chi connectivity index (χ4v) is 3.43. The van der Waals surface area contributed by atoms with Crippen LogP contribution < -0.4 is 5.73 Å². The van der Waals surface area contributed by atoms with E-state index in [0.717, 1.165) is 25.7 Å². The maximum absolute atomic E-state index is 13.8. The molecule has 2 atom stereocenters. The summed E-state index contributed by atoms with van der Waals surface area (Å²) in [6.07, 6.45) is 5.87. The first-order chi connectivity index (χ1) is 9.10. The van der Waals surface area contributed by atoms with Gasteiger partial charge in [-0.1, -0.05) is 32.3 Å². The summed E-state index contributed by atoms with van der Waals surface area (Å²) >= 11 is 0. The molecule has 106 valence electrons. The van der Waals surface area contributed by atoms with Gasteiger partial charge in [0, 0.05) is 5.56 Å². The van der Waals surface area contributed by atoms with Crippen molar-refractivity contribution in [2.75, 3.05) is 6.54 Å². The summed E-state index contributed by atoms with van der Waals surface area (Å²) in [5, 5.41) is 0. The Labute approximate surface area is 114 Å². The van der Waals surface area contributed by atoms with E-state index in [9.17, 15) is 8.78 Å². The molecule has 2 rings (SSSR count). The van der Waals surface area contributed by atoms with Crippen molar-refractivity contribution in [2.24, 2.45) is 17.1 Å². The van der Waals surface area contributed by atoms with Crippen LogP contribution in [0.1, 0.15) is 44.6 Å². The van der Waals surface area contributed by atoms with Gasteiger partial charge in [0.05, 0.1) is 0 Å². The number of halogens is 2. The van der Waals surface area contributed by atoms with Crippen LogP contribution in [0.15, 0.2) is 18.2 Å². The first-order valence-corrected chi connectivity index (χ1v) is 7.23. The Morgan fingerprint density at radius 1 is 1.32 bits per heavy atom. The lowest BCUT2D eigenvalue weighted by Crippen LogP contribution is -2.38. The van der Waals surface area contributed by atoms with E-state index in [1.165, 1.54) is 24.6 Å². The van der Waals surface area contributed by atoms with Crippen LogP contribution in [-0.2, 0) is 6.42 Å². The minimum absolute atomic E-state index is 0.123. The van der Waals surface area contributed by atoms with Gasteiger partial charge in [-0.25, -0.2) is 8.78 Å². The summed E-state index contributed by atoms with van der Waals surface area (Å²) in [5.41, 5.74) is 6.05. The molecule has 0 aliphatic heterocycles. The quantitative estimate of drug-likeness (QED) is 0.875. The predicted octanol–water partition coefficient (Wildman–Crippen LogP) is 4.05. The van der Waals surface area contributed by atoms with Crippen LogP contribution >= 0.6 is 0 Å². The lowest BCUT2D eigenvalue weighted by Gasteiger charge is -2.40. The molecular weight excluding hydrogens is 244 g/mol. The number of hydrogen-bond acceptors (Lipinski definition) is 1. The third-order valence-corrected chi connectivity index (χ3v) is 4.66. The summed E-state index contributed by atoms with van der Waals surface area (Å²) in [6.45, 7) is 2.69. The average Bonchev–Trinajstić information content (AvgIpc) is 2.43. The van der Waals surface area contributed by atoms with Crippen LogP contribution in [0.3, 0.4) is 0 Å². The van der Waals surface area contributed by atoms with Crippen LogP contribution in [-0.4, -0.2) is 6.54 Å². The molecular formula is C16H23F2N. The SMILES string of the molecule is CCC1CCCC(CN)(Cc2c(F)cccc2F)C1. The summed E-state index contributed by atoms with van der Waals surface area (Å²) in [4.78, 5) is 0. The number of nitrogens with two attached hydrogens (primary N) is 1. The monoisotopic (exact) mass is 267 g/mol. The first-order valence-electron chi connectivity index (χ1n) is 7.23. The van der Waals surface area contributed by atoms with Crippen molar-refractivity contribution in [1.29, 1.82) is 0 Å². The fourth-order valence-electron chi connectivity index (χ4n) is 3.43. The molecule has 1 fully saturated rings. The van der Waals surface area contributed by atoms with Gasteiger partial charge in [-0.2, -0.15) is 0 Å². The van der Waals surface area contributed by atoms with Crippen molar-refractivity contribution < 1.29 is 8.78 Å². The van der Waals surface area contributed by atoms with E-state index in [4.69, 9.17) is 5.73 Å². The molecule has 0 radical (unpaired) electrons. The van der Waals surface area contributed by atoms with Crippen molar-refractivity contribution >= 4 is 0 Å². The summed E-state index contributed by atoms with van der Waals surface area (Å²) in [5.74, 6) is -0.231. The second-order valence-electron chi connectivity index (χ2n) is 5.95. The highest BCUT2D eigenvalue weighted by Gasteiger charge is 2.36. The molecule has 1 aliphatic carbocycles. The molecule has 0 spiro atoms.